The van der Waals surface area contributed by atoms with Gasteiger partial charge < -0.3 is 5.32 Å². The fourth-order valence-electron chi connectivity index (χ4n) is 3.52. The van der Waals surface area contributed by atoms with Crippen molar-refractivity contribution >= 4 is 11.6 Å². The van der Waals surface area contributed by atoms with E-state index in [1.165, 1.54) is 24.8 Å². The number of likely N-dealkylation sites (N-methyl/N-ethyl adjacent to an activating group) is 1. The largest absolute Gasteiger partial charge is 0.314 e. The van der Waals surface area contributed by atoms with Gasteiger partial charge in [-0.1, -0.05) is 38.8 Å². The van der Waals surface area contributed by atoms with Crippen LogP contribution in [0.1, 0.15) is 45.6 Å². The molecule has 0 saturated heterocycles. The van der Waals surface area contributed by atoms with E-state index in [0.717, 1.165) is 23.9 Å². The number of hydrogen-bond acceptors (Lipinski definition) is 2. The highest BCUT2D eigenvalue weighted by Gasteiger charge is 2.39. The van der Waals surface area contributed by atoms with Gasteiger partial charge in [0.05, 0.1) is 5.02 Å². The summed E-state index contributed by atoms with van der Waals surface area (Å²) >= 11 is 6.26. The van der Waals surface area contributed by atoms with Crippen molar-refractivity contribution in [3.05, 3.63) is 29.0 Å². The van der Waals surface area contributed by atoms with Crippen LogP contribution in [0.2, 0.25) is 5.02 Å². The molecule has 1 fully saturated rings. The molecule has 2 atom stereocenters. The fourth-order valence-corrected chi connectivity index (χ4v) is 3.72. The normalized spacial score (nSPS) is 23.5. The molecule has 1 aromatic heterocycles. The van der Waals surface area contributed by atoms with Gasteiger partial charge in [-0.25, -0.2) is 0 Å². The molecule has 1 heterocycles. The van der Waals surface area contributed by atoms with E-state index in [2.05, 4.69) is 37.1 Å². The average molecular weight is 281 g/mol. The van der Waals surface area contributed by atoms with Crippen LogP contribution in [0.25, 0.3) is 0 Å². The Labute approximate surface area is 122 Å². The minimum absolute atomic E-state index is 0.437. The maximum atomic E-state index is 6.26. The van der Waals surface area contributed by atoms with E-state index in [1.807, 2.05) is 6.20 Å². The summed E-state index contributed by atoms with van der Waals surface area (Å²) in [6, 6.07) is 2.57. The fraction of sp³-hybridized carbons (Fsp3) is 0.688. The van der Waals surface area contributed by atoms with Crippen molar-refractivity contribution in [1.82, 2.24) is 10.3 Å². The Morgan fingerprint density at radius 3 is 2.89 bits per heavy atom. The average Bonchev–Trinajstić information content (AvgIpc) is 2.71. The van der Waals surface area contributed by atoms with Gasteiger partial charge in [0.25, 0.3) is 0 Å². The van der Waals surface area contributed by atoms with Crippen molar-refractivity contribution in [1.29, 1.82) is 0 Å². The van der Waals surface area contributed by atoms with Crippen LogP contribution in [-0.4, -0.2) is 17.6 Å². The van der Waals surface area contributed by atoms with E-state index in [4.69, 9.17) is 11.6 Å². The van der Waals surface area contributed by atoms with Crippen molar-refractivity contribution < 1.29 is 0 Å². The maximum Gasteiger partial charge on any atom is 0.0621 e. The highest BCUT2D eigenvalue weighted by molar-refractivity contribution is 6.31. The topological polar surface area (TPSA) is 24.9 Å². The Kier molecular flexibility index (Phi) is 4.86. The molecule has 1 N–H and O–H groups in total. The second kappa shape index (κ2) is 6.23. The third-order valence-electron chi connectivity index (χ3n) is 4.59. The molecule has 106 valence electrons. The first-order valence-corrected chi connectivity index (χ1v) is 7.74. The zero-order valence-electron chi connectivity index (χ0n) is 12.2. The van der Waals surface area contributed by atoms with Crippen molar-refractivity contribution in [2.24, 2.45) is 11.3 Å². The Bertz CT molecular complexity index is 417. The zero-order valence-corrected chi connectivity index (χ0v) is 13.0. The molecule has 0 aliphatic heterocycles. The summed E-state index contributed by atoms with van der Waals surface area (Å²) in [6.07, 6.45) is 8.60. The third kappa shape index (κ3) is 3.49. The summed E-state index contributed by atoms with van der Waals surface area (Å²) in [4.78, 5) is 4.07. The molecule has 2 nitrogen and oxygen atoms in total. The van der Waals surface area contributed by atoms with Gasteiger partial charge in [-0.15, -0.1) is 0 Å². The quantitative estimate of drug-likeness (QED) is 0.879. The first kappa shape index (κ1) is 14.8. The molecule has 2 rings (SSSR count). The van der Waals surface area contributed by atoms with E-state index in [9.17, 15) is 0 Å². The molecule has 1 aromatic rings. The van der Waals surface area contributed by atoms with E-state index in [0.29, 0.717) is 11.5 Å². The summed E-state index contributed by atoms with van der Waals surface area (Å²) in [5.41, 5.74) is 1.65. The van der Waals surface area contributed by atoms with Crippen LogP contribution >= 0.6 is 11.6 Å². The van der Waals surface area contributed by atoms with Crippen LogP contribution < -0.4 is 5.32 Å². The van der Waals surface area contributed by atoms with Gasteiger partial charge in [0.15, 0.2) is 0 Å². The predicted molar refractivity (Wildman–Crippen MR) is 81.5 cm³/mol. The summed E-state index contributed by atoms with van der Waals surface area (Å²) in [5.74, 6) is 0.733. The van der Waals surface area contributed by atoms with Crippen LogP contribution in [0.3, 0.4) is 0 Å². The number of rotatable bonds is 5. The Morgan fingerprint density at radius 2 is 2.32 bits per heavy atom. The summed E-state index contributed by atoms with van der Waals surface area (Å²) < 4.78 is 0. The lowest BCUT2D eigenvalue weighted by molar-refractivity contribution is 0.197. The van der Waals surface area contributed by atoms with Crippen LogP contribution in [0.15, 0.2) is 18.5 Å². The lowest BCUT2D eigenvalue weighted by Crippen LogP contribution is -2.42. The van der Waals surface area contributed by atoms with Gasteiger partial charge >= 0.3 is 0 Å². The standard InChI is InChI=1S/C16H25ClN2/c1-4-19-15(13-6-5-8-16(13,2)3)10-12-7-9-18-11-14(12)17/h7,9,11,13,15,19H,4-6,8,10H2,1-3H3. The number of pyridine rings is 1. The third-order valence-corrected chi connectivity index (χ3v) is 4.93. The molecule has 1 aliphatic rings. The highest BCUT2D eigenvalue weighted by Crippen LogP contribution is 2.45. The molecule has 3 heteroatoms. The van der Waals surface area contributed by atoms with Gasteiger partial charge in [0.1, 0.15) is 0 Å². The number of nitrogens with zero attached hydrogens (tertiary/aromatic N) is 1. The predicted octanol–water partition coefficient (Wildman–Crippen LogP) is 4.08. The van der Waals surface area contributed by atoms with Crippen molar-refractivity contribution in [2.45, 2.75) is 52.5 Å². The number of nitrogens with one attached hydrogen (secondary N) is 1. The van der Waals surface area contributed by atoms with Crippen LogP contribution in [0.4, 0.5) is 0 Å². The number of aromatic nitrogens is 1. The molecule has 19 heavy (non-hydrogen) atoms. The van der Waals surface area contributed by atoms with E-state index in [-0.39, 0.29) is 0 Å². The minimum atomic E-state index is 0.437. The van der Waals surface area contributed by atoms with Gasteiger partial charge in [-0.3, -0.25) is 4.98 Å². The van der Waals surface area contributed by atoms with E-state index in [1.54, 1.807) is 6.20 Å². The van der Waals surface area contributed by atoms with Crippen LogP contribution in [0, 0.1) is 11.3 Å². The maximum absolute atomic E-state index is 6.26. The number of halogens is 1. The summed E-state index contributed by atoms with van der Waals surface area (Å²) in [6.45, 7) is 8.01. The Balaban J connectivity index is 2.15. The summed E-state index contributed by atoms with van der Waals surface area (Å²) in [7, 11) is 0. The van der Waals surface area contributed by atoms with Crippen molar-refractivity contribution in [3.63, 3.8) is 0 Å². The molecule has 1 aliphatic carbocycles. The van der Waals surface area contributed by atoms with Crippen molar-refractivity contribution in [3.8, 4) is 0 Å². The van der Waals surface area contributed by atoms with Gasteiger partial charge in [0, 0.05) is 18.4 Å². The van der Waals surface area contributed by atoms with Crippen LogP contribution in [0.5, 0.6) is 0 Å². The molecule has 0 radical (unpaired) electrons. The monoisotopic (exact) mass is 280 g/mol. The molecule has 1 saturated carbocycles. The molecule has 2 unspecified atom stereocenters. The molecule has 0 amide bonds. The minimum Gasteiger partial charge on any atom is -0.314 e. The van der Waals surface area contributed by atoms with E-state index < -0.39 is 0 Å². The SMILES string of the molecule is CCNC(Cc1ccncc1Cl)C1CCCC1(C)C. The number of hydrogen-bond donors (Lipinski definition) is 1. The zero-order chi connectivity index (χ0) is 13.9. The Morgan fingerprint density at radius 1 is 1.53 bits per heavy atom. The molecular formula is C16H25ClN2. The van der Waals surface area contributed by atoms with Gasteiger partial charge in [-0.2, -0.15) is 0 Å². The molecular weight excluding hydrogens is 256 g/mol. The molecule has 0 aromatic carbocycles. The van der Waals surface area contributed by atoms with Gasteiger partial charge in [-0.05, 0) is 48.8 Å². The van der Waals surface area contributed by atoms with Crippen molar-refractivity contribution in [2.75, 3.05) is 6.54 Å². The Hall–Kier alpha value is -0.600. The van der Waals surface area contributed by atoms with Crippen LogP contribution in [-0.2, 0) is 6.42 Å². The molecule has 0 spiro atoms. The second-order valence-electron chi connectivity index (χ2n) is 6.32. The lowest BCUT2D eigenvalue weighted by atomic mass is 9.76. The summed E-state index contributed by atoms with van der Waals surface area (Å²) in [5, 5.41) is 4.47. The first-order valence-electron chi connectivity index (χ1n) is 7.36. The smallest absolute Gasteiger partial charge is 0.0621 e. The van der Waals surface area contributed by atoms with E-state index >= 15 is 0 Å². The molecule has 0 bridgehead atoms. The van der Waals surface area contributed by atoms with Gasteiger partial charge in [0.2, 0.25) is 0 Å². The lowest BCUT2D eigenvalue weighted by Gasteiger charge is -2.35. The second-order valence-corrected chi connectivity index (χ2v) is 6.73. The highest BCUT2D eigenvalue weighted by atomic mass is 35.5. The first-order chi connectivity index (χ1) is 9.04.